The quantitative estimate of drug-likeness (QED) is 0.756. The Labute approximate surface area is 130 Å². The topological polar surface area (TPSA) is 62.7 Å². The van der Waals surface area contributed by atoms with Crippen molar-refractivity contribution in [3.05, 3.63) is 10.6 Å². The van der Waals surface area contributed by atoms with Crippen molar-refractivity contribution in [1.82, 2.24) is 4.98 Å². The number of nitrogens with zero attached hydrogens (tertiary/aromatic N) is 2. The first-order valence-corrected chi connectivity index (χ1v) is 8.20. The second kappa shape index (κ2) is 8.34. The minimum absolute atomic E-state index is 0.157. The summed E-state index contributed by atoms with van der Waals surface area (Å²) in [5.74, 6) is -0.249. The largest absolute Gasteiger partial charge is 0.477 e. The minimum atomic E-state index is -0.884. The summed E-state index contributed by atoms with van der Waals surface area (Å²) in [6.45, 7) is 10.5. The van der Waals surface area contributed by atoms with E-state index in [4.69, 9.17) is 4.74 Å². The van der Waals surface area contributed by atoms with Crippen LogP contribution in [0.4, 0.5) is 5.13 Å². The first kappa shape index (κ1) is 17.9. The molecule has 0 aliphatic heterocycles. The number of hydrogen-bond acceptors (Lipinski definition) is 5. The predicted molar refractivity (Wildman–Crippen MR) is 86.7 cm³/mol. The SMILES string of the molecule is CCC(C)c1nc(N(CCOC)CC(C)C)sc1C(=O)O. The van der Waals surface area contributed by atoms with Crippen molar-refractivity contribution >= 4 is 22.4 Å². The predicted octanol–water partition coefficient (Wildman–Crippen LogP) is 3.46. The molecule has 1 heterocycles. The van der Waals surface area contributed by atoms with Gasteiger partial charge in [-0.15, -0.1) is 0 Å². The van der Waals surface area contributed by atoms with Crippen LogP contribution in [0.5, 0.6) is 0 Å². The van der Waals surface area contributed by atoms with Crippen molar-refractivity contribution in [3.63, 3.8) is 0 Å². The molecule has 21 heavy (non-hydrogen) atoms. The van der Waals surface area contributed by atoms with Crippen LogP contribution in [0.15, 0.2) is 0 Å². The van der Waals surface area contributed by atoms with Crippen molar-refractivity contribution in [2.75, 3.05) is 31.7 Å². The van der Waals surface area contributed by atoms with Gasteiger partial charge in [-0.05, 0) is 18.3 Å². The fraction of sp³-hybridized carbons (Fsp3) is 0.733. The highest BCUT2D eigenvalue weighted by atomic mass is 32.1. The molecule has 0 saturated heterocycles. The fourth-order valence-corrected chi connectivity index (χ4v) is 3.10. The van der Waals surface area contributed by atoms with Crippen LogP contribution in [0, 0.1) is 5.92 Å². The molecule has 1 aromatic rings. The van der Waals surface area contributed by atoms with Crippen LogP contribution in [-0.2, 0) is 4.74 Å². The Morgan fingerprint density at radius 2 is 2.10 bits per heavy atom. The van der Waals surface area contributed by atoms with Crippen molar-refractivity contribution in [1.29, 1.82) is 0 Å². The number of aromatic nitrogens is 1. The van der Waals surface area contributed by atoms with E-state index >= 15 is 0 Å². The standard InChI is InChI=1S/C15H26N2O3S/c1-6-11(4)12-13(14(18)19)21-15(16-12)17(7-8-20-5)9-10(2)3/h10-11H,6-9H2,1-5H3,(H,18,19). The van der Waals surface area contributed by atoms with Gasteiger partial charge in [0.15, 0.2) is 5.13 Å². The molecule has 5 nitrogen and oxygen atoms in total. The third kappa shape index (κ3) is 4.97. The Hall–Kier alpha value is -1.14. The summed E-state index contributed by atoms with van der Waals surface area (Å²) >= 11 is 1.27. The van der Waals surface area contributed by atoms with E-state index in [1.807, 2.05) is 13.8 Å². The number of aromatic carboxylic acids is 1. The van der Waals surface area contributed by atoms with Gasteiger partial charge in [-0.1, -0.05) is 39.0 Å². The number of carbonyl (C=O) groups is 1. The molecule has 0 spiro atoms. The monoisotopic (exact) mass is 314 g/mol. The van der Waals surface area contributed by atoms with Crippen LogP contribution in [0.1, 0.15) is 55.4 Å². The lowest BCUT2D eigenvalue weighted by molar-refractivity contribution is 0.0700. The number of carboxylic acids is 1. The van der Waals surface area contributed by atoms with Crippen molar-refractivity contribution in [2.45, 2.75) is 40.0 Å². The summed E-state index contributed by atoms with van der Waals surface area (Å²) < 4.78 is 5.15. The first-order chi connectivity index (χ1) is 9.90. The van der Waals surface area contributed by atoms with Gasteiger partial charge in [0.05, 0.1) is 12.3 Å². The minimum Gasteiger partial charge on any atom is -0.477 e. The Balaban J connectivity index is 3.10. The third-order valence-corrected chi connectivity index (χ3v) is 4.46. The molecule has 6 heteroatoms. The molecule has 0 fully saturated rings. The fourth-order valence-electron chi connectivity index (χ4n) is 2.04. The van der Waals surface area contributed by atoms with Gasteiger partial charge in [-0.2, -0.15) is 0 Å². The lowest BCUT2D eigenvalue weighted by Gasteiger charge is -2.23. The summed E-state index contributed by atoms with van der Waals surface area (Å²) in [6.07, 6.45) is 0.881. The summed E-state index contributed by atoms with van der Waals surface area (Å²) in [5, 5.41) is 10.2. The molecule has 120 valence electrons. The molecule has 1 atom stereocenters. The van der Waals surface area contributed by atoms with Crippen LogP contribution in [-0.4, -0.2) is 42.9 Å². The van der Waals surface area contributed by atoms with Gasteiger partial charge in [0.1, 0.15) is 4.88 Å². The Bertz CT molecular complexity index is 460. The van der Waals surface area contributed by atoms with Gasteiger partial charge in [-0.25, -0.2) is 9.78 Å². The molecule has 0 bridgehead atoms. The van der Waals surface area contributed by atoms with Gasteiger partial charge in [0.25, 0.3) is 0 Å². The number of anilines is 1. The number of rotatable bonds is 9. The maximum atomic E-state index is 11.4. The molecule has 1 N–H and O–H groups in total. The average molecular weight is 314 g/mol. The van der Waals surface area contributed by atoms with E-state index in [2.05, 4.69) is 23.7 Å². The Morgan fingerprint density at radius 1 is 1.43 bits per heavy atom. The molecule has 0 aromatic carbocycles. The molecule has 0 aliphatic rings. The maximum absolute atomic E-state index is 11.4. The van der Waals surface area contributed by atoms with Crippen LogP contribution in [0.2, 0.25) is 0 Å². The number of methoxy groups -OCH3 is 1. The highest BCUT2D eigenvalue weighted by molar-refractivity contribution is 7.17. The zero-order valence-corrected chi connectivity index (χ0v) is 14.4. The normalized spacial score (nSPS) is 12.7. The van der Waals surface area contributed by atoms with E-state index in [9.17, 15) is 9.90 Å². The maximum Gasteiger partial charge on any atom is 0.347 e. The second-order valence-corrected chi connectivity index (χ2v) is 6.64. The van der Waals surface area contributed by atoms with Gasteiger partial charge in [0.2, 0.25) is 0 Å². The molecular formula is C15H26N2O3S. The number of carboxylic acid groups (broad SMARTS) is 1. The third-order valence-electron chi connectivity index (χ3n) is 3.34. The van der Waals surface area contributed by atoms with Crippen molar-refractivity contribution < 1.29 is 14.6 Å². The van der Waals surface area contributed by atoms with Crippen molar-refractivity contribution in [3.8, 4) is 0 Å². The van der Waals surface area contributed by atoms with E-state index in [0.717, 1.165) is 24.6 Å². The Morgan fingerprint density at radius 3 is 2.57 bits per heavy atom. The van der Waals surface area contributed by atoms with Gasteiger partial charge in [-0.3, -0.25) is 0 Å². The van der Waals surface area contributed by atoms with E-state index < -0.39 is 5.97 Å². The number of ether oxygens (including phenoxy) is 1. The average Bonchev–Trinajstić information content (AvgIpc) is 2.87. The summed E-state index contributed by atoms with van der Waals surface area (Å²) in [5.41, 5.74) is 0.705. The molecule has 1 aromatic heterocycles. The Kier molecular flexibility index (Phi) is 7.11. The molecule has 0 aliphatic carbocycles. The van der Waals surface area contributed by atoms with Gasteiger partial charge in [0, 0.05) is 20.2 Å². The highest BCUT2D eigenvalue weighted by Crippen LogP contribution is 2.32. The molecule has 0 radical (unpaired) electrons. The molecule has 1 rings (SSSR count). The van der Waals surface area contributed by atoms with E-state index in [0.29, 0.717) is 23.1 Å². The smallest absolute Gasteiger partial charge is 0.347 e. The lowest BCUT2D eigenvalue weighted by atomic mass is 10.0. The highest BCUT2D eigenvalue weighted by Gasteiger charge is 2.23. The number of hydrogen-bond donors (Lipinski definition) is 1. The van der Waals surface area contributed by atoms with Crippen LogP contribution in [0.25, 0.3) is 0 Å². The molecular weight excluding hydrogens is 288 g/mol. The number of thiazole rings is 1. The summed E-state index contributed by atoms with van der Waals surface area (Å²) in [6, 6.07) is 0. The van der Waals surface area contributed by atoms with Crippen molar-refractivity contribution in [2.24, 2.45) is 5.92 Å². The zero-order chi connectivity index (χ0) is 16.0. The summed E-state index contributed by atoms with van der Waals surface area (Å²) in [7, 11) is 1.67. The van der Waals surface area contributed by atoms with E-state index in [1.54, 1.807) is 7.11 Å². The molecule has 0 saturated carbocycles. The van der Waals surface area contributed by atoms with Crippen LogP contribution in [0.3, 0.4) is 0 Å². The molecule has 0 amide bonds. The van der Waals surface area contributed by atoms with E-state index in [-0.39, 0.29) is 5.92 Å². The lowest BCUT2D eigenvalue weighted by Crippen LogP contribution is -2.30. The van der Waals surface area contributed by atoms with Crippen LogP contribution >= 0.6 is 11.3 Å². The second-order valence-electron chi connectivity index (χ2n) is 5.66. The molecule has 1 unspecified atom stereocenters. The zero-order valence-electron chi connectivity index (χ0n) is 13.5. The van der Waals surface area contributed by atoms with Gasteiger partial charge >= 0.3 is 5.97 Å². The van der Waals surface area contributed by atoms with E-state index in [1.165, 1.54) is 11.3 Å². The van der Waals surface area contributed by atoms with Gasteiger partial charge < -0.3 is 14.7 Å². The van der Waals surface area contributed by atoms with Crippen LogP contribution < -0.4 is 4.90 Å². The summed E-state index contributed by atoms with van der Waals surface area (Å²) in [4.78, 5) is 18.5. The first-order valence-electron chi connectivity index (χ1n) is 7.38.